The predicted octanol–water partition coefficient (Wildman–Crippen LogP) is 2.09. The molecule has 4 heteroatoms. The molecular weight excluding hydrogens is 221 g/mol. The molecule has 0 aliphatic heterocycles. The Bertz CT molecular complexity index is 366. The van der Waals surface area contributed by atoms with E-state index in [-0.39, 0.29) is 11.9 Å². The molecule has 0 aliphatic carbocycles. The van der Waals surface area contributed by atoms with E-state index in [1.54, 1.807) is 19.9 Å². The fraction of sp³-hybridized carbons (Fsp3) is 0.538. The molecule has 1 aromatic carbocycles. The fourth-order valence-electron chi connectivity index (χ4n) is 1.71. The quantitative estimate of drug-likeness (QED) is 0.829. The first-order chi connectivity index (χ1) is 7.91. The van der Waals surface area contributed by atoms with Crippen molar-refractivity contribution in [2.45, 2.75) is 32.5 Å². The molecular formula is C13H20FNO2. The number of hydrogen-bond donors (Lipinski definition) is 2. The van der Waals surface area contributed by atoms with Crippen LogP contribution in [0, 0.1) is 5.82 Å². The minimum atomic E-state index is -0.713. The highest BCUT2D eigenvalue weighted by molar-refractivity contribution is 5.54. The van der Waals surface area contributed by atoms with Crippen LogP contribution in [0.5, 0.6) is 0 Å². The van der Waals surface area contributed by atoms with E-state index in [0.29, 0.717) is 18.5 Å². The zero-order chi connectivity index (χ0) is 13.0. The van der Waals surface area contributed by atoms with Gasteiger partial charge in [0, 0.05) is 24.8 Å². The molecule has 2 N–H and O–H groups in total. The number of hydrogen-bond acceptors (Lipinski definition) is 3. The van der Waals surface area contributed by atoms with Crippen molar-refractivity contribution in [1.82, 2.24) is 0 Å². The Balaban J connectivity index is 2.88. The summed E-state index contributed by atoms with van der Waals surface area (Å²) in [5, 5.41) is 18.8. The van der Waals surface area contributed by atoms with Crippen molar-refractivity contribution in [2.24, 2.45) is 0 Å². The van der Waals surface area contributed by atoms with Crippen molar-refractivity contribution in [2.75, 3.05) is 18.5 Å². The number of rotatable bonds is 5. The zero-order valence-electron chi connectivity index (χ0n) is 10.5. The van der Waals surface area contributed by atoms with E-state index in [1.807, 2.05) is 11.9 Å². The summed E-state index contributed by atoms with van der Waals surface area (Å²) in [6.45, 7) is 4.00. The highest BCUT2D eigenvalue weighted by atomic mass is 19.1. The van der Waals surface area contributed by atoms with Crippen LogP contribution in [-0.2, 0) is 0 Å². The summed E-state index contributed by atoms with van der Waals surface area (Å²) in [5.41, 5.74) is 1.36. The van der Waals surface area contributed by atoms with Gasteiger partial charge in [0.1, 0.15) is 5.82 Å². The van der Waals surface area contributed by atoms with Gasteiger partial charge in [0.2, 0.25) is 0 Å². The molecule has 0 aliphatic rings. The van der Waals surface area contributed by atoms with Crippen LogP contribution in [0.4, 0.5) is 10.1 Å². The molecule has 0 heterocycles. The molecule has 96 valence electrons. The number of nitrogens with zero attached hydrogens (tertiary/aromatic N) is 1. The van der Waals surface area contributed by atoms with Crippen molar-refractivity contribution >= 4 is 5.69 Å². The average Bonchev–Trinajstić information content (AvgIpc) is 2.25. The third kappa shape index (κ3) is 3.98. The Morgan fingerprint density at radius 1 is 1.29 bits per heavy atom. The molecule has 17 heavy (non-hydrogen) atoms. The summed E-state index contributed by atoms with van der Waals surface area (Å²) in [5.74, 6) is -0.353. The molecule has 0 aromatic heterocycles. The smallest absolute Gasteiger partial charge is 0.123 e. The topological polar surface area (TPSA) is 43.7 Å². The Morgan fingerprint density at radius 3 is 2.47 bits per heavy atom. The molecule has 0 spiro atoms. The van der Waals surface area contributed by atoms with Crippen molar-refractivity contribution in [3.63, 3.8) is 0 Å². The number of halogens is 1. The Labute approximate surface area is 101 Å². The normalized spacial score (nSPS) is 14.5. The Hall–Kier alpha value is -1.13. The van der Waals surface area contributed by atoms with Gasteiger partial charge < -0.3 is 15.1 Å². The van der Waals surface area contributed by atoms with Gasteiger partial charge in [-0.1, -0.05) is 0 Å². The van der Waals surface area contributed by atoms with E-state index in [0.717, 1.165) is 5.69 Å². The number of benzene rings is 1. The van der Waals surface area contributed by atoms with Gasteiger partial charge in [0.25, 0.3) is 0 Å². The van der Waals surface area contributed by atoms with Gasteiger partial charge in [-0.15, -0.1) is 0 Å². The fourth-order valence-corrected chi connectivity index (χ4v) is 1.71. The zero-order valence-corrected chi connectivity index (χ0v) is 10.5. The van der Waals surface area contributed by atoms with Gasteiger partial charge in [-0.2, -0.15) is 0 Å². The van der Waals surface area contributed by atoms with E-state index >= 15 is 0 Å². The van der Waals surface area contributed by atoms with E-state index in [1.165, 1.54) is 12.1 Å². The molecule has 0 saturated heterocycles. The summed E-state index contributed by atoms with van der Waals surface area (Å²) in [4.78, 5) is 1.91. The molecule has 0 radical (unpaired) electrons. The Morgan fingerprint density at radius 2 is 1.94 bits per heavy atom. The number of aliphatic hydroxyl groups is 2. The first kappa shape index (κ1) is 13.9. The minimum Gasteiger partial charge on any atom is -0.393 e. The molecule has 1 unspecified atom stereocenters. The second kappa shape index (κ2) is 5.98. The van der Waals surface area contributed by atoms with Crippen molar-refractivity contribution in [1.29, 1.82) is 0 Å². The van der Waals surface area contributed by atoms with Crippen LogP contribution < -0.4 is 4.90 Å². The van der Waals surface area contributed by atoms with Crippen LogP contribution in [-0.4, -0.2) is 29.9 Å². The van der Waals surface area contributed by atoms with Crippen molar-refractivity contribution in [3.8, 4) is 0 Å². The maximum atomic E-state index is 13.1. The van der Waals surface area contributed by atoms with Gasteiger partial charge in [-0.05, 0) is 38.5 Å². The van der Waals surface area contributed by atoms with Crippen molar-refractivity contribution < 1.29 is 14.6 Å². The summed E-state index contributed by atoms with van der Waals surface area (Å²) < 4.78 is 13.1. The van der Waals surface area contributed by atoms with Crippen LogP contribution in [0.15, 0.2) is 18.2 Å². The summed E-state index contributed by atoms with van der Waals surface area (Å²) in [6.07, 6.45) is -0.449. The van der Waals surface area contributed by atoms with E-state index in [4.69, 9.17) is 0 Å². The second-order valence-electron chi connectivity index (χ2n) is 4.44. The molecule has 1 rings (SSSR count). The lowest BCUT2D eigenvalue weighted by Gasteiger charge is -2.24. The monoisotopic (exact) mass is 241 g/mol. The van der Waals surface area contributed by atoms with E-state index in [9.17, 15) is 14.6 Å². The highest BCUT2D eigenvalue weighted by Crippen LogP contribution is 2.26. The maximum absolute atomic E-state index is 13.1. The first-order valence-electron chi connectivity index (χ1n) is 5.78. The molecule has 0 bridgehead atoms. The van der Waals surface area contributed by atoms with E-state index < -0.39 is 6.10 Å². The molecule has 1 aromatic rings. The molecule has 0 fully saturated rings. The van der Waals surface area contributed by atoms with Crippen LogP contribution >= 0.6 is 0 Å². The molecule has 2 atom stereocenters. The maximum Gasteiger partial charge on any atom is 0.123 e. The summed E-state index contributed by atoms with van der Waals surface area (Å²) in [7, 11) is 1.86. The third-order valence-electron chi connectivity index (χ3n) is 2.73. The van der Waals surface area contributed by atoms with E-state index in [2.05, 4.69) is 0 Å². The lowest BCUT2D eigenvalue weighted by atomic mass is 10.1. The van der Waals surface area contributed by atoms with Crippen LogP contribution in [0.25, 0.3) is 0 Å². The van der Waals surface area contributed by atoms with Gasteiger partial charge in [-0.25, -0.2) is 4.39 Å². The summed E-state index contributed by atoms with van der Waals surface area (Å²) >= 11 is 0. The molecule has 0 amide bonds. The second-order valence-corrected chi connectivity index (χ2v) is 4.44. The van der Waals surface area contributed by atoms with Crippen LogP contribution in [0.1, 0.15) is 31.9 Å². The SMILES string of the molecule is CC(O)CCN(C)c1ccc(F)cc1[C@H](C)O. The summed E-state index contributed by atoms with van der Waals surface area (Å²) in [6, 6.07) is 4.37. The van der Waals surface area contributed by atoms with Gasteiger partial charge in [-0.3, -0.25) is 0 Å². The largest absolute Gasteiger partial charge is 0.393 e. The standard InChI is InChI=1S/C13H20FNO2/c1-9(16)6-7-15(3)13-5-4-11(14)8-12(13)10(2)17/h4-5,8-10,16-17H,6-7H2,1-3H3/t9?,10-/m0/s1. The Kier molecular flexibility index (Phi) is 4.90. The lowest BCUT2D eigenvalue weighted by molar-refractivity contribution is 0.186. The molecule has 0 saturated carbocycles. The first-order valence-corrected chi connectivity index (χ1v) is 5.78. The number of aliphatic hydroxyl groups excluding tert-OH is 2. The van der Waals surface area contributed by atoms with Gasteiger partial charge >= 0.3 is 0 Å². The predicted molar refractivity (Wildman–Crippen MR) is 66.6 cm³/mol. The van der Waals surface area contributed by atoms with Crippen LogP contribution in [0.2, 0.25) is 0 Å². The van der Waals surface area contributed by atoms with Crippen LogP contribution in [0.3, 0.4) is 0 Å². The minimum absolute atomic E-state index is 0.353. The highest BCUT2D eigenvalue weighted by Gasteiger charge is 2.13. The lowest BCUT2D eigenvalue weighted by Crippen LogP contribution is -2.23. The average molecular weight is 241 g/mol. The van der Waals surface area contributed by atoms with Gasteiger partial charge in [0.15, 0.2) is 0 Å². The van der Waals surface area contributed by atoms with Gasteiger partial charge in [0.05, 0.1) is 12.2 Å². The number of anilines is 1. The molecule has 3 nitrogen and oxygen atoms in total. The third-order valence-corrected chi connectivity index (χ3v) is 2.73. The van der Waals surface area contributed by atoms with Crippen molar-refractivity contribution in [3.05, 3.63) is 29.6 Å².